The van der Waals surface area contributed by atoms with Crippen LogP contribution in [0.25, 0.3) is 10.9 Å². The van der Waals surface area contributed by atoms with E-state index in [-0.39, 0.29) is 118 Å². The quantitative estimate of drug-likeness (QED) is 0.0171. The van der Waals surface area contributed by atoms with Gasteiger partial charge in [-0.25, -0.2) is 9.97 Å². The number of unbranched alkanes of at least 4 members (excludes halogenated alkanes) is 13. The van der Waals surface area contributed by atoms with E-state index in [4.69, 9.17) is 41.9 Å². The Morgan fingerprint density at radius 3 is 1.70 bits per heavy atom. The van der Waals surface area contributed by atoms with E-state index in [1.54, 1.807) is 36.9 Å². The van der Waals surface area contributed by atoms with Crippen molar-refractivity contribution in [3.8, 4) is 5.75 Å². The Hall–Kier alpha value is -10.4. The predicted molar refractivity (Wildman–Crippen MR) is 463 cm³/mol. The minimum atomic E-state index is -1.48. The Morgan fingerprint density at radius 1 is 0.566 bits per heavy atom. The Labute approximate surface area is 716 Å². The molecule has 122 heavy (non-hydrogen) atoms. The number of aromatic nitrogens is 4. The van der Waals surface area contributed by atoms with Crippen molar-refractivity contribution in [1.29, 1.82) is 0 Å². The number of fused-ring (bicyclic) bond motifs is 1. The number of rotatable bonds is 64. The van der Waals surface area contributed by atoms with Crippen molar-refractivity contribution in [2.24, 2.45) is 39.8 Å². The summed E-state index contributed by atoms with van der Waals surface area (Å²) in [7, 11) is 1.31. The summed E-state index contributed by atoms with van der Waals surface area (Å²) in [6.45, 7) is 13.8. The van der Waals surface area contributed by atoms with Crippen LogP contribution in [0.15, 0.2) is 71.1 Å². The van der Waals surface area contributed by atoms with Crippen molar-refractivity contribution in [3.63, 3.8) is 0 Å². The molecule has 1 saturated heterocycles. The molecule has 2 aromatic carbocycles. The SMILES string of the molecule is CCCCCCCCCCCCCCCC(=O)NCCOCCOCCOCCOCCC(=O)NCCCC[C@H](NC(=O)[C@@H](N)[C@@H](C)CC)C(=O)N1CCN(c2ccc3ncn(CC(=O)N[C@@H](CCCN=C(N)N)C(=O)N[C@@H](Cc4cnc[nH]4)C(=O)N[C@@H](Cc4ccc(O)cc4)C(=O)N[C@@H](CC(C)C)C(=O)N[C@@H](CC(N)=O)C(=O)NC)c(=O)c3c2)CC1. The van der Waals surface area contributed by atoms with E-state index < -0.39 is 108 Å². The van der Waals surface area contributed by atoms with Crippen LogP contribution in [0.5, 0.6) is 5.75 Å². The molecule has 11 amide bonds. The van der Waals surface area contributed by atoms with Crippen molar-refractivity contribution in [3.05, 3.63) is 82.9 Å². The summed E-state index contributed by atoms with van der Waals surface area (Å²) in [5.74, 6) is -7.38. The number of ether oxygens (including phenoxy) is 4. The van der Waals surface area contributed by atoms with Gasteiger partial charge in [-0.05, 0) is 92.7 Å². The van der Waals surface area contributed by atoms with Crippen LogP contribution >= 0.6 is 0 Å². The van der Waals surface area contributed by atoms with E-state index in [1.165, 1.54) is 121 Å². The van der Waals surface area contributed by atoms with E-state index in [1.807, 2.05) is 18.7 Å². The summed E-state index contributed by atoms with van der Waals surface area (Å²) in [6.07, 6.45) is 22.2. The number of hydrogen-bond acceptors (Lipinski definition) is 22. The number of nitrogens with one attached hydrogen (secondary N) is 10. The molecule has 2 aromatic heterocycles. The highest BCUT2D eigenvalue weighted by Gasteiger charge is 2.36. The van der Waals surface area contributed by atoms with Gasteiger partial charge in [0, 0.05) is 96.1 Å². The third-order valence-electron chi connectivity index (χ3n) is 21.0. The molecule has 0 bridgehead atoms. The predicted octanol–water partition coefficient (Wildman–Crippen LogP) is 2.30. The number of aromatic hydroxyl groups is 1. The number of carbonyl (C=O) groups excluding carboxylic acids is 11. The number of phenols is 1. The van der Waals surface area contributed by atoms with Crippen LogP contribution in [0.4, 0.5) is 5.69 Å². The number of likely N-dealkylation sites (N-methyl/N-ethyl adjacent to an activating group) is 1. The van der Waals surface area contributed by atoms with Gasteiger partial charge in [0.1, 0.15) is 48.5 Å². The second kappa shape index (κ2) is 58.6. The number of primary amides is 1. The number of anilines is 1. The third-order valence-corrected chi connectivity index (χ3v) is 21.0. The number of carbonyl (C=O) groups is 11. The van der Waals surface area contributed by atoms with Crippen LogP contribution in [-0.2, 0) is 91.1 Å². The number of amides is 11. The molecule has 1 aliphatic heterocycles. The Morgan fingerprint density at radius 2 is 1.11 bits per heavy atom. The lowest BCUT2D eigenvalue weighted by Crippen LogP contribution is -2.60. The summed E-state index contributed by atoms with van der Waals surface area (Å²) in [5.41, 5.74) is 24.2. The molecule has 8 atom stereocenters. The Bertz CT molecular complexity index is 3910. The average Bonchev–Trinajstić information content (AvgIpc) is 0.859. The highest BCUT2D eigenvalue weighted by Crippen LogP contribution is 2.23. The van der Waals surface area contributed by atoms with Gasteiger partial charge in [0.05, 0.1) is 88.9 Å². The summed E-state index contributed by atoms with van der Waals surface area (Å²) in [5, 5.41) is 34.7. The van der Waals surface area contributed by atoms with E-state index >= 15 is 0 Å². The fourth-order valence-corrected chi connectivity index (χ4v) is 13.7. The maximum Gasteiger partial charge on any atom is 0.261 e. The molecule has 0 aliphatic carbocycles. The Balaban J connectivity index is 1.10. The number of guanidine groups is 1. The van der Waals surface area contributed by atoms with E-state index in [0.29, 0.717) is 121 Å². The van der Waals surface area contributed by atoms with Gasteiger partial charge in [-0.1, -0.05) is 130 Å². The lowest BCUT2D eigenvalue weighted by molar-refractivity contribution is -0.137. The molecule has 1 fully saturated rings. The molecule has 0 saturated carbocycles. The average molecular weight is 1710 g/mol. The van der Waals surface area contributed by atoms with E-state index in [2.05, 4.69) is 74.7 Å². The van der Waals surface area contributed by atoms with Crippen LogP contribution in [0.2, 0.25) is 0 Å². The number of aromatic amines is 1. The molecule has 0 unspecified atom stereocenters. The van der Waals surface area contributed by atoms with Gasteiger partial charge < -0.3 is 110 Å². The van der Waals surface area contributed by atoms with Gasteiger partial charge in [-0.2, -0.15) is 0 Å². The zero-order valence-electron chi connectivity index (χ0n) is 72.4. The van der Waals surface area contributed by atoms with Crippen molar-refractivity contribution in [1.82, 2.24) is 72.3 Å². The molecule has 0 radical (unpaired) electrons. The number of hydrogen-bond donors (Lipinski definition) is 15. The maximum absolute atomic E-state index is 14.7. The van der Waals surface area contributed by atoms with Crippen molar-refractivity contribution >= 4 is 87.5 Å². The second-order valence-electron chi connectivity index (χ2n) is 31.4. The first-order valence-corrected chi connectivity index (χ1v) is 43.4. The lowest BCUT2D eigenvalue weighted by atomic mass is 9.98. The van der Waals surface area contributed by atoms with E-state index in [9.17, 15) is 62.6 Å². The molecule has 37 nitrogen and oxygen atoms in total. The van der Waals surface area contributed by atoms with Gasteiger partial charge in [-0.3, -0.25) is 67.1 Å². The summed E-state index contributed by atoms with van der Waals surface area (Å²) in [4.78, 5) is 183. The normalized spacial score (nSPS) is 14.1. The van der Waals surface area contributed by atoms with Gasteiger partial charge in [0.25, 0.3) is 5.56 Å². The van der Waals surface area contributed by atoms with Crippen LogP contribution in [0.3, 0.4) is 0 Å². The second-order valence-corrected chi connectivity index (χ2v) is 31.4. The molecular formula is C85H138N20O17. The molecule has 37 heteroatoms. The highest BCUT2D eigenvalue weighted by atomic mass is 16.6. The molecule has 4 aromatic rings. The third kappa shape index (κ3) is 40.5. The monoisotopic (exact) mass is 1710 g/mol. The van der Waals surface area contributed by atoms with Crippen LogP contribution in [0.1, 0.15) is 194 Å². The fourth-order valence-electron chi connectivity index (χ4n) is 13.7. The Kier molecular flexibility index (Phi) is 49.1. The van der Waals surface area contributed by atoms with Crippen molar-refractivity contribution in [2.75, 3.05) is 111 Å². The zero-order chi connectivity index (χ0) is 89.0. The molecule has 680 valence electrons. The topological polar surface area (TPSA) is 540 Å². The molecule has 3 heterocycles. The first kappa shape index (κ1) is 102. The minimum Gasteiger partial charge on any atom is -0.508 e. The maximum atomic E-state index is 14.7. The molecule has 5 rings (SSSR count). The first-order valence-electron chi connectivity index (χ1n) is 43.4. The minimum absolute atomic E-state index is 0.0278. The fraction of sp³-hybridized carbons (Fsp3) is 0.659. The van der Waals surface area contributed by atoms with Gasteiger partial charge >= 0.3 is 0 Å². The number of nitrogens with zero attached hydrogens (tertiary/aromatic N) is 6. The van der Waals surface area contributed by atoms with Crippen LogP contribution in [-0.4, -0.2) is 248 Å². The molecule has 1 aliphatic rings. The largest absolute Gasteiger partial charge is 0.508 e. The smallest absolute Gasteiger partial charge is 0.261 e. The van der Waals surface area contributed by atoms with Crippen molar-refractivity contribution in [2.45, 2.75) is 244 Å². The molecular weight excluding hydrogens is 1570 g/mol. The number of imidazole rings is 1. The van der Waals surface area contributed by atoms with Gasteiger partial charge in [0.15, 0.2) is 5.96 Å². The molecule has 19 N–H and O–H groups in total. The van der Waals surface area contributed by atoms with Gasteiger partial charge in [-0.15, -0.1) is 0 Å². The number of nitrogens with two attached hydrogens (primary N) is 4. The number of phenolic OH excluding ortho intramolecular Hbond substituents is 1. The number of H-pyrrole nitrogens is 1. The molecule has 0 spiro atoms. The zero-order valence-corrected chi connectivity index (χ0v) is 72.4. The number of benzene rings is 2. The van der Waals surface area contributed by atoms with Crippen LogP contribution in [0, 0.1) is 11.8 Å². The standard InChI is InChI=1S/C85H138N20O17/c1-7-9-10-11-12-13-14-15-16-17-18-19-20-26-73(108)93-36-42-120-44-46-122-48-47-121-45-43-119-41-33-74(109)92-34-22-21-24-67(98-82(116)76(87)59(5)8-2)84(118)104-39-37-103(38-40-104)62-29-32-65-64(52-62)83(117)105(57-96-65)55-75(110)97-66(25-23-35-94-85(88)89)78(112)101-70(51-61-54-91-56-95-61)81(115)100-69(50-60-27-30-63(106)31-28-60)80(114)99-68(49-58(3)4)79(113)102-71(53-72(86)107)77(111)90-6/h27-32,52,54,56-59,66-71,76,106H,7-26,33-51,53,55,87H2,1-6H3,(H2,86,107)(H,90,111)(H,91,95)(H,92,109)(H,93,108)(H,97,110)(H,98,116)(H,99,114)(H,100,115)(H,101,112)(H,102,113)(H4,88,89,94)/t59-,66-,67-,68-,69-,70-,71-,76-/m0/s1. The highest BCUT2D eigenvalue weighted by molar-refractivity contribution is 5.98. The number of aliphatic imine (C=N–C) groups is 1. The lowest BCUT2D eigenvalue weighted by Gasteiger charge is -2.38. The van der Waals surface area contributed by atoms with Gasteiger partial charge in [0.2, 0.25) is 65.0 Å². The number of piperazine rings is 1. The summed E-state index contributed by atoms with van der Waals surface area (Å²) < 4.78 is 23.4. The summed E-state index contributed by atoms with van der Waals surface area (Å²) in [6, 6.07) is 2.10. The first-order chi connectivity index (χ1) is 58.7. The summed E-state index contributed by atoms with van der Waals surface area (Å²) >= 11 is 0. The van der Waals surface area contributed by atoms with E-state index in [0.717, 1.165) is 17.4 Å². The van der Waals surface area contributed by atoms with Crippen molar-refractivity contribution < 1.29 is 76.8 Å². The van der Waals surface area contributed by atoms with Crippen LogP contribution < -0.4 is 81.2 Å².